The van der Waals surface area contributed by atoms with E-state index in [1.165, 1.54) is 0 Å². The molecule has 0 unspecified atom stereocenters. The van der Waals surface area contributed by atoms with Gasteiger partial charge in [0.05, 0.1) is 6.42 Å². The summed E-state index contributed by atoms with van der Waals surface area (Å²) in [5, 5.41) is 0. The zero-order valence-electron chi connectivity index (χ0n) is 12.2. The molecule has 0 fully saturated rings. The molecule has 2 N–H and O–H groups in total. The molecule has 1 rings (SSSR count). The van der Waals surface area contributed by atoms with Gasteiger partial charge in [0, 0.05) is 18.8 Å². The van der Waals surface area contributed by atoms with Crippen molar-refractivity contribution >= 4 is 11.6 Å². The van der Waals surface area contributed by atoms with Gasteiger partial charge in [0.1, 0.15) is 0 Å². The Morgan fingerprint density at radius 1 is 1.11 bits per heavy atom. The molecule has 3 heteroatoms. The smallest absolute Gasteiger partial charge is 0.227 e. The topological polar surface area (TPSA) is 46.3 Å². The monoisotopic (exact) mass is 262 g/mol. The minimum Gasteiger partial charge on any atom is -0.398 e. The van der Waals surface area contributed by atoms with Gasteiger partial charge in [-0.1, -0.05) is 44.9 Å². The maximum absolute atomic E-state index is 12.3. The first kappa shape index (κ1) is 15.5. The number of hydrogen-bond donors (Lipinski definition) is 1. The molecular formula is C16H26N2O. The maximum Gasteiger partial charge on any atom is 0.227 e. The lowest BCUT2D eigenvalue weighted by Gasteiger charge is -2.22. The van der Waals surface area contributed by atoms with Crippen LogP contribution in [0.25, 0.3) is 0 Å². The second-order valence-corrected chi connectivity index (χ2v) is 4.96. The van der Waals surface area contributed by atoms with Gasteiger partial charge in [-0.3, -0.25) is 4.79 Å². The summed E-state index contributed by atoms with van der Waals surface area (Å²) in [5.41, 5.74) is 7.54. The summed E-state index contributed by atoms with van der Waals surface area (Å²) < 4.78 is 0. The summed E-state index contributed by atoms with van der Waals surface area (Å²) in [6, 6.07) is 7.62. The largest absolute Gasteiger partial charge is 0.398 e. The molecule has 0 bridgehead atoms. The van der Waals surface area contributed by atoms with Gasteiger partial charge in [-0.05, 0) is 24.5 Å². The third-order valence-electron chi connectivity index (χ3n) is 3.31. The highest BCUT2D eigenvalue weighted by molar-refractivity contribution is 5.80. The van der Waals surface area contributed by atoms with Crippen LogP contribution in [0.3, 0.4) is 0 Å². The lowest BCUT2D eigenvalue weighted by Crippen LogP contribution is -2.34. The van der Waals surface area contributed by atoms with Gasteiger partial charge in [0.15, 0.2) is 0 Å². The number of para-hydroxylation sites is 1. The second kappa shape index (κ2) is 8.57. The molecule has 0 radical (unpaired) electrons. The number of nitrogens with zero attached hydrogens (tertiary/aromatic N) is 1. The number of carbonyl (C=O) groups excluding carboxylic acids is 1. The highest BCUT2D eigenvalue weighted by Gasteiger charge is 2.14. The van der Waals surface area contributed by atoms with Crippen LogP contribution in [0.4, 0.5) is 5.69 Å². The number of rotatable bonds is 8. The molecule has 0 atom stereocenters. The van der Waals surface area contributed by atoms with Crippen LogP contribution in [0.15, 0.2) is 24.3 Å². The highest BCUT2D eigenvalue weighted by atomic mass is 16.2. The van der Waals surface area contributed by atoms with E-state index in [9.17, 15) is 4.79 Å². The SMILES string of the molecule is CCCCN(CCCC)C(=O)Cc1ccccc1N. The van der Waals surface area contributed by atoms with E-state index in [4.69, 9.17) is 5.73 Å². The Bertz CT molecular complexity index is 382. The number of carbonyl (C=O) groups is 1. The summed E-state index contributed by atoms with van der Waals surface area (Å²) in [5.74, 6) is 0.194. The Labute approximate surface area is 116 Å². The number of nitrogen functional groups attached to an aromatic ring is 1. The zero-order chi connectivity index (χ0) is 14.1. The van der Waals surface area contributed by atoms with Gasteiger partial charge in [-0.2, -0.15) is 0 Å². The number of hydrogen-bond acceptors (Lipinski definition) is 2. The van der Waals surface area contributed by atoms with Crippen LogP contribution < -0.4 is 5.73 Å². The summed E-state index contributed by atoms with van der Waals surface area (Å²) in [6.07, 6.45) is 4.78. The first-order chi connectivity index (χ1) is 9.19. The number of unbranched alkanes of at least 4 members (excludes halogenated alkanes) is 2. The molecule has 106 valence electrons. The molecule has 0 spiro atoms. The maximum atomic E-state index is 12.3. The highest BCUT2D eigenvalue weighted by Crippen LogP contribution is 2.13. The van der Waals surface area contributed by atoms with E-state index in [0.717, 1.165) is 44.3 Å². The van der Waals surface area contributed by atoms with Gasteiger partial charge < -0.3 is 10.6 Å². The molecule has 19 heavy (non-hydrogen) atoms. The average molecular weight is 262 g/mol. The molecular weight excluding hydrogens is 236 g/mol. The predicted molar refractivity (Wildman–Crippen MR) is 81.0 cm³/mol. The fourth-order valence-corrected chi connectivity index (χ4v) is 2.03. The Kier molecular flexibility index (Phi) is 7.01. The van der Waals surface area contributed by atoms with Crippen LogP contribution in [0.5, 0.6) is 0 Å². The third kappa shape index (κ3) is 5.33. The fourth-order valence-electron chi connectivity index (χ4n) is 2.03. The third-order valence-corrected chi connectivity index (χ3v) is 3.31. The Hall–Kier alpha value is -1.51. The van der Waals surface area contributed by atoms with Crippen molar-refractivity contribution in [3.8, 4) is 0 Å². The second-order valence-electron chi connectivity index (χ2n) is 4.96. The number of nitrogens with two attached hydrogens (primary N) is 1. The lowest BCUT2D eigenvalue weighted by atomic mass is 10.1. The van der Waals surface area contributed by atoms with Crippen molar-refractivity contribution in [2.24, 2.45) is 0 Å². The summed E-state index contributed by atoms with van der Waals surface area (Å²) in [4.78, 5) is 14.3. The fraction of sp³-hybridized carbons (Fsp3) is 0.562. The van der Waals surface area contributed by atoms with Crippen LogP contribution >= 0.6 is 0 Å². The zero-order valence-corrected chi connectivity index (χ0v) is 12.2. The predicted octanol–water partition coefficient (Wildman–Crippen LogP) is 3.24. The van der Waals surface area contributed by atoms with Crippen molar-refractivity contribution in [1.82, 2.24) is 4.90 Å². The molecule has 0 saturated heterocycles. The van der Waals surface area contributed by atoms with E-state index in [2.05, 4.69) is 13.8 Å². The molecule has 1 amide bonds. The molecule has 0 heterocycles. The van der Waals surface area contributed by atoms with Crippen molar-refractivity contribution < 1.29 is 4.79 Å². The summed E-state index contributed by atoms with van der Waals surface area (Å²) in [6.45, 7) is 6.03. The van der Waals surface area contributed by atoms with Crippen LogP contribution in [0.1, 0.15) is 45.1 Å². The first-order valence-electron chi connectivity index (χ1n) is 7.30. The van der Waals surface area contributed by atoms with E-state index in [1.807, 2.05) is 29.2 Å². The van der Waals surface area contributed by atoms with E-state index in [-0.39, 0.29) is 5.91 Å². The van der Waals surface area contributed by atoms with E-state index >= 15 is 0 Å². The van der Waals surface area contributed by atoms with Gasteiger partial charge >= 0.3 is 0 Å². The van der Waals surface area contributed by atoms with E-state index < -0.39 is 0 Å². The molecule has 0 aliphatic carbocycles. The minimum absolute atomic E-state index is 0.194. The summed E-state index contributed by atoms with van der Waals surface area (Å²) in [7, 11) is 0. The molecule has 1 aromatic rings. The Morgan fingerprint density at radius 3 is 2.21 bits per heavy atom. The molecule has 3 nitrogen and oxygen atoms in total. The lowest BCUT2D eigenvalue weighted by molar-refractivity contribution is -0.130. The number of benzene rings is 1. The van der Waals surface area contributed by atoms with Crippen LogP contribution in [0, 0.1) is 0 Å². The van der Waals surface area contributed by atoms with Crippen molar-refractivity contribution in [1.29, 1.82) is 0 Å². The Morgan fingerprint density at radius 2 is 1.68 bits per heavy atom. The van der Waals surface area contributed by atoms with Crippen LogP contribution in [-0.2, 0) is 11.2 Å². The van der Waals surface area contributed by atoms with Crippen LogP contribution in [-0.4, -0.2) is 23.9 Å². The van der Waals surface area contributed by atoms with Crippen molar-refractivity contribution in [2.45, 2.75) is 46.0 Å². The standard InChI is InChI=1S/C16H26N2O/c1-3-5-11-18(12-6-4-2)16(19)13-14-9-7-8-10-15(14)17/h7-10H,3-6,11-13,17H2,1-2H3. The number of anilines is 1. The van der Waals surface area contributed by atoms with Crippen LogP contribution in [0.2, 0.25) is 0 Å². The molecule has 1 aromatic carbocycles. The van der Waals surface area contributed by atoms with E-state index in [1.54, 1.807) is 0 Å². The first-order valence-corrected chi connectivity index (χ1v) is 7.30. The van der Waals surface area contributed by atoms with Crippen molar-refractivity contribution in [3.63, 3.8) is 0 Å². The van der Waals surface area contributed by atoms with Gasteiger partial charge in [-0.25, -0.2) is 0 Å². The summed E-state index contributed by atoms with van der Waals surface area (Å²) >= 11 is 0. The molecule has 0 saturated carbocycles. The minimum atomic E-state index is 0.194. The molecule has 0 aliphatic rings. The average Bonchev–Trinajstić information content (AvgIpc) is 2.41. The van der Waals surface area contributed by atoms with E-state index in [0.29, 0.717) is 12.1 Å². The Balaban J connectivity index is 2.62. The number of amides is 1. The molecule has 0 aliphatic heterocycles. The van der Waals surface area contributed by atoms with Crippen molar-refractivity contribution in [3.05, 3.63) is 29.8 Å². The van der Waals surface area contributed by atoms with Gasteiger partial charge in [-0.15, -0.1) is 0 Å². The van der Waals surface area contributed by atoms with Crippen molar-refractivity contribution in [2.75, 3.05) is 18.8 Å². The van der Waals surface area contributed by atoms with Gasteiger partial charge in [0.2, 0.25) is 5.91 Å². The normalized spacial score (nSPS) is 10.4. The quantitative estimate of drug-likeness (QED) is 0.731. The molecule has 0 aromatic heterocycles. The van der Waals surface area contributed by atoms with Gasteiger partial charge in [0.25, 0.3) is 0 Å².